The third-order valence-corrected chi connectivity index (χ3v) is 2.67. The highest BCUT2D eigenvalue weighted by Crippen LogP contribution is 2.20. The fourth-order valence-corrected chi connectivity index (χ4v) is 1.94. The van der Waals surface area contributed by atoms with Crippen LogP contribution >= 0.6 is 11.8 Å². The summed E-state index contributed by atoms with van der Waals surface area (Å²) in [6, 6.07) is 0.531. The number of hydrazine groups is 1. The van der Waals surface area contributed by atoms with Crippen molar-refractivity contribution in [3.05, 3.63) is 0 Å². The van der Waals surface area contributed by atoms with E-state index in [1.165, 1.54) is 25.7 Å². The Morgan fingerprint density at radius 3 is 2.75 bits per heavy atom. The van der Waals surface area contributed by atoms with Gasteiger partial charge in [0.05, 0.1) is 11.8 Å². The van der Waals surface area contributed by atoms with Crippen LogP contribution in [0.25, 0.3) is 0 Å². The van der Waals surface area contributed by atoms with Crippen molar-refractivity contribution in [2.45, 2.75) is 31.7 Å². The van der Waals surface area contributed by atoms with E-state index in [1.807, 2.05) is 0 Å². The Bertz CT molecular complexity index is 152. The van der Waals surface area contributed by atoms with Crippen molar-refractivity contribution in [3.8, 4) is 0 Å². The molecule has 70 valence electrons. The van der Waals surface area contributed by atoms with Gasteiger partial charge in [-0.3, -0.25) is 4.99 Å². The quantitative estimate of drug-likeness (QED) is 0.302. The van der Waals surface area contributed by atoms with E-state index in [2.05, 4.69) is 16.7 Å². The Hall–Kier alpha value is -0.220. The van der Waals surface area contributed by atoms with Gasteiger partial charge in [-0.05, 0) is 19.1 Å². The summed E-state index contributed by atoms with van der Waals surface area (Å²) in [5.41, 5.74) is 2.66. The summed E-state index contributed by atoms with van der Waals surface area (Å²) in [4.78, 5) is 4.54. The number of nitrogens with zero attached hydrogens (tertiary/aromatic N) is 1. The minimum absolute atomic E-state index is 0.531. The summed E-state index contributed by atoms with van der Waals surface area (Å²) < 4.78 is 0. The third kappa shape index (κ3) is 3.03. The molecule has 0 heterocycles. The molecule has 0 aromatic rings. The number of rotatable bonds is 3. The molecule has 3 nitrogen and oxygen atoms in total. The van der Waals surface area contributed by atoms with Crippen molar-refractivity contribution in [1.29, 1.82) is 0 Å². The molecule has 0 aromatic carbocycles. The van der Waals surface area contributed by atoms with E-state index >= 15 is 0 Å². The topological polar surface area (TPSA) is 50.4 Å². The van der Waals surface area contributed by atoms with Gasteiger partial charge in [0.25, 0.3) is 0 Å². The lowest BCUT2D eigenvalue weighted by Crippen LogP contribution is -2.33. The minimum atomic E-state index is 0.531. The van der Waals surface area contributed by atoms with E-state index in [0.29, 0.717) is 6.04 Å². The van der Waals surface area contributed by atoms with Crippen LogP contribution in [0.1, 0.15) is 25.7 Å². The van der Waals surface area contributed by atoms with Gasteiger partial charge in [0, 0.05) is 0 Å². The maximum atomic E-state index is 5.34. The van der Waals surface area contributed by atoms with Crippen molar-refractivity contribution in [2.24, 2.45) is 10.8 Å². The smallest absolute Gasteiger partial charge is 0.121 e. The predicted molar refractivity (Wildman–Crippen MR) is 55.4 cm³/mol. The van der Waals surface area contributed by atoms with Crippen LogP contribution in [-0.2, 0) is 0 Å². The molecule has 0 aliphatic heterocycles. The van der Waals surface area contributed by atoms with Crippen LogP contribution in [0, 0.1) is 0 Å². The fraction of sp³-hybridized carbons (Fsp3) is 0.875. The zero-order valence-electron chi connectivity index (χ0n) is 7.55. The first-order valence-corrected chi connectivity index (χ1v) is 5.78. The SMILES string of the molecule is CSCC(=NC1CCCC1)NN. The van der Waals surface area contributed by atoms with Crippen LogP contribution in [0.3, 0.4) is 0 Å². The van der Waals surface area contributed by atoms with Crippen molar-refractivity contribution < 1.29 is 0 Å². The standard InChI is InChI=1S/C8H17N3S/c1-12-6-8(11-9)10-7-4-2-3-5-7/h7H,2-6,9H2,1H3,(H,10,11). The van der Waals surface area contributed by atoms with Crippen molar-refractivity contribution >= 4 is 17.6 Å². The molecule has 0 atom stereocenters. The molecule has 1 aliphatic carbocycles. The second-order valence-electron chi connectivity index (χ2n) is 3.09. The highest BCUT2D eigenvalue weighted by atomic mass is 32.2. The van der Waals surface area contributed by atoms with Gasteiger partial charge in [-0.15, -0.1) is 0 Å². The summed E-state index contributed by atoms with van der Waals surface area (Å²) in [5, 5.41) is 0. The van der Waals surface area contributed by atoms with Gasteiger partial charge in [0.15, 0.2) is 0 Å². The molecule has 0 amide bonds. The Balaban J connectivity index is 2.38. The van der Waals surface area contributed by atoms with Crippen molar-refractivity contribution in [1.82, 2.24) is 5.43 Å². The van der Waals surface area contributed by atoms with E-state index in [9.17, 15) is 0 Å². The molecular formula is C8H17N3S. The molecule has 0 unspecified atom stereocenters. The molecule has 1 fully saturated rings. The maximum absolute atomic E-state index is 5.34. The average molecular weight is 187 g/mol. The zero-order valence-corrected chi connectivity index (χ0v) is 8.36. The van der Waals surface area contributed by atoms with Crippen LogP contribution < -0.4 is 11.3 Å². The Labute approximate surface area is 78.2 Å². The van der Waals surface area contributed by atoms with Gasteiger partial charge in [-0.2, -0.15) is 11.8 Å². The minimum Gasteiger partial charge on any atom is -0.312 e. The Morgan fingerprint density at radius 1 is 1.58 bits per heavy atom. The highest BCUT2D eigenvalue weighted by molar-refractivity contribution is 7.99. The van der Waals surface area contributed by atoms with Gasteiger partial charge >= 0.3 is 0 Å². The molecular weight excluding hydrogens is 170 g/mol. The molecule has 0 spiro atoms. The third-order valence-electron chi connectivity index (χ3n) is 2.11. The first-order valence-electron chi connectivity index (χ1n) is 4.39. The molecule has 3 N–H and O–H groups in total. The van der Waals surface area contributed by atoms with Crippen LogP contribution in [0.4, 0.5) is 0 Å². The number of thioether (sulfide) groups is 1. The molecule has 0 radical (unpaired) electrons. The Morgan fingerprint density at radius 2 is 2.25 bits per heavy atom. The van der Waals surface area contributed by atoms with Gasteiger partial charge in [-0.25, -0.2) is 5.84 Å². The lowest BCUT2D eigenvalue weighted by molar-refractivity contribution is 0.700. The van der Waals surface area contributed by atoms with E-state index < -0.39 is 0 Å². The molecule has 12 heavy (non-hydrogen) atoms. The van der Waals surface area contributed by atoms with Crippen LogP contribution in [-0.4, -0.2) is 23.9 Å². The molecule has 1 aliphatic rings. The molecule has 0 aromatic heterocycles. The Kier molecular flexibility index (Phi) is 4.46. The van der Waals surface area contributed by atoms with E-state index in [-0.39, 0.29) is 0 Å². The lowest BCUT2D eigenvalue weighted by atomic mass is 10.3. The van der Waals surface area contributed by atoms with Gasteiger partial charge in [0.2, 0.25) is 0 Å². The number of aliphatic imine (C=N–C) groups is 1. The molecule has 1 rings (SSSR count). The summed E-state index contributed by atoms with van der Waals surface area (Å²) in [6.07, 6.45) is 7.18. The van der Waals surface area contributed by atoms with Crippen LogP contribution in [0.2, 0.25) is 0 Å². The van der Waals surface area contributed by atoms with E-state index in [0.717, 1.165) is 11.6 Å². The average Bonchev–Trinajstić information content (AvgIpc) is 2.56. The largest absolute Gasteiger partial charge is 0.312 e. The highest BCUT2D eigenvalue weighted by Gasteiger charge is 2.13. The van der Waals surface area contributed by atoms with Crippen LogP contribution in [0.15, 0.2) is 4.99 Å². The first-order chi connectivity index (χ1) is 5.86. The van der Waals surface area contributed by atoms with Crippen molar-refractivity contribution in [3.63, 3.8) is 0 Å². The number of hydrogen-bond donors (Lipinski definition) is 2. The molecule has 4 heteroatoms. The summed E-state index contributed by atoms with van der Waals surface area (Å²) >= 11 is 1.74. The first kappa shape index (κ1) is 9.86. The van der Waals surface area contributed by atoms with Gasteiger partial charge in [-0.1, -0.05) is 12.8 Å². The van der Waals surface area contributed by atoms with E-state index in [1.54, 1.807) is 11.8 Å². The monoisotopic (exact) mass is 187 g/mol. The van der Waals surface area contributed by atoms with Gasteiger partial charge in [0.1, 0.15) is 5.84 Å². The fourth-order valence-electron chi connectivity index (χ4n) is 1.51. The predicted octanol–water partition coefficient (Wildman–Crippen LogP) is 1.15. The number of nitrogens with one attached hydrogen (secondary N) is 1. The maximum Gasteiger partial charge on any atom is 0.121 e. The molecule has 1 saturated carbocycles. The normalized spacial score (nSPS) is 20.0. The second-order valence-corrected chi connectivity index (χ2v) is 3.96. The summed E-state index contributed by atoms with van der Waals surface area (Å²) in [6.45, 7) is 0. The van der Waals surface area contributed by atoms with Gasteiger partial charge < -0.3 is 5.43 Å². The van der Waals surface area contributed by atoms with Crippen molar-refractivity contribution in [2.75, 3.05) is 12.0 Å². The number of hydrogen-bond acceptors (Lipinski definition) is 3. The number of nitrogens with two attached hydrogens (primary N) is 1. The zero-order chi connectivity index (χ0) is 8.81. The lowest BCUT2D eigenvalue weighted by Gasteiger charge is -2.07. The second kappa shape index (κ2) is 5.43. The molecule has 0 saturated heterocycles. The molecule has 0 bridgehead atoms. The summed E-state index contributed by atoms with van der Waals surface area (Å²) in [5.74, 6) is 7.18. The summed E-state index contributed by atoms with van der Waals surface area (Å²) in [7, 11) is 0. The van der Waals surface area contributed by atoms with Crippen LogP contribution in [0.5, 0.6) is 0 Å². The van der Waals surface area contributed by atoms with E-state index in [4.69, 9.17) is 5.84 Å². The number of amidine groups is 1.